The van der Waals surface area contributed by atoms with Gasteiger partial charge in [0.05, 0.1) is 5.02 Å². The van der Waals surface area contributed by atoms with Gasteiger partial charge < -0.3 is 9.88 Å². The highest BCUT2D eigenvalue weighted by Gasteiger charge is 2.14. The molecule has 0 aliphatic carbocycles. The fraction of sp³-hybridized carbons (Fsp3) is 0.375. The van der Waals surface area contributed by atoms with Gasteiger partial charge in [0.1, 0.15) is 5.82 Å². The zero-order valence-corrected chi connectivity index (χ0v) is 12.8. The predicted octanol–water partition coefficient (Wildman–Crippen LogP) is 4.25. The summed E-state index contributed by atoms with van der Waals surface area (Å²) in [7, 11) is 1.97. The summed E-state index contributed by atoms with van der Waals surface area (Å²) >= 11 is 5.81. The summed E-state index contributed by atoms with van der Waals surface area (Å²) < 4.78 is 15.2. The van der Waals surface area contributed by atoms with Gasteiger partial charge in [-0.3, -0.25) is 0 Å². The standard InChI is InChI=1S/C16H20ClFN2/c1-11(2)16(19-3)13-6-7-20(10-13)9-12-4-5-15(18)14(17)8-12/h4-8,10-11,16,19H,9H2,1-3H3. The van der Waals surface area contributed by atoms with E-state index in [1.54, 1.807) is 12.1 Å². The van der Waals surface area contributed by atoms with Gasteiger partial charge in [0.2, 0.25) is 0 Å². The number of hydrogen-bond donors (Lipinski definition) is 1. The molecule has 0 bridgehead atoms. The van der Waals surface area contributed by atoms with Gasteiger partial charge in [-0.25, -0.2) is 4.39 Å². The van der Waals surface area contributed by atoms with Crippen LogP contribution in [0.1, 0.15) is 31.0 Å². The van der Waals surface area contributed by atoms with E-state index in [4.69, 9.17) is 11.6 Å². The van der Waals surface area contributed by atoms with Crippen molar-refractivity contribution in [2.24, 2.45) is 5.92 Å². The topological polar surface area (TPSA) is 17.0 Å². The van der Waals surface area contributed by atoms with Crippen LogP contribution in [-0.4, -0.2) is 11.6 Å². The summed E-state index contributed by atoms with van der Waals surface area (Å²) in [6, 6.07) is 7.31. The van der Waals surface area contributed by atoms with Crippen LogP contribution in [0.3, 0.4) is 0 Å². The maximum atomic E-state index is 13.1. The molecule has 2 aromatic rings. The SMILES string of the molecule is CNC(c1ccn(Cc2ccc(F)c(Cl)c2)c1)C(C)C. The Hall–Kier alpha value is -1.32. The predicted molar refractivity (Wildman–Crippen MR) is 81.6 cm³/mol. The van der Waals surface area contributed by atoms with Crippen LogP contribution < -0.4 is 5.32 Å². The minimum absolute atomic E-state index is 0.171. The summed E-state index contributed by atoms with van der Waals surface area (Å²) in [4.78, 5) is 0. The van der Waals surface area contributed by atoms with Crippen LogP contribution in [0, 0.1) is 11.7 Å². The Morgan fingerprint density at radius 3 is 2.65 bits per heavy atom. The van der Waals surface area contributed by atoms with Crippen molar-refractivity contribution in [3.63, 3.8) is 0 Å². The zero-order chi connectivity index (χ0) is 14.7. The highest BCUT2D eigenvalue weighted by atomic mass is 35.5. The van der Waals surface area contributed by atoms with Crippen LogP contribution in [0.25, 0.3) is 0 Å². The number of aromatic nitrogens is 1. The molecule has 0 radical (unpaired) electrons. The van der Waals surface area contributed by atoms with Gasteiger partial charge in [-0.1, -0.05) is 31.5 Å². The third kappa shape index (κ3) is 3.41. The van der Waals surface area contributed by atoms with Crippen LogP contribution in [0.15, 0.2) is 36.7 Å². The molecule has 2 nitrogen and oxygen atoms in total. The molecule has 1 atom stereocenters. The van der Waals surface area contributed by atoms with E-state index in [1.165, 1.54) is 11.6 Å². The molecule has 1 aromatic heterocycles. The van der Waals surface area contributed by atoms with Gasteiger partial charge in [0, 0.05) is 25.0 Å². The van der Waals surface area contributed by atoms with E-state index >= 15 is 0 Å². The van der Waals surface area contributed by atoms with Crippen molar-refractivity contribution in [1.29, 1.82) is 0 Å². The van der Waals surface area contributed by atoms with Gasteiger partial charge in [-0.2, -0.15) is 0 Å². The van der Waals surface area contributed by atoms with Crippen LogP contribution >= 0.6 is 11.6 Å². The Kier molecular flexibility index (Phi) is 4.84. The molecule has 0 aliphatic heterocycles. The Labute approximate surface area is 124 Å². The van der Waals surface area contributed by atoms with E-state index in [0.717, 1.165) is 5.56 Å². The number of halogens is 2. The Balaban J connectivity index is 2.14. The molecular formula is C16H20ClFN2. The Bertz CT molecular complexity index is 578. The number of hydrogen-bond acceptors (Lipinski definition) is 1. The first-order chi connectivity index (χ1) is 9.51. The van der Waals surface area contributed by atoms with Crippen LogP contribution in [0.4, 0.5) is 4.39 Å². The first kappa shape index (κ1) is 15.1. The fourth-order valence-corrected chi connectivity index (χ4v) is 2.68. The first-order valence-corrected chi connectivity index (χ1v) is 7.16. The Morgan fingerprint density at radius 1 is 1.30 bits per heavy atom. The van der Waals surface area contributed by atoms with Crippen LogP contribution in [0.5, 0.6) is 0 Å². The van der Waals surface area contributed by atoms with Crippen molar-refractivity contribution >= 4 is 11.6 Å². The molecule has 108 valence electrons. The maximum absolute atomic E-state index is 13.1. The minimum Gasteiger partial charge on any atom is -0.350 e. The summed E-state index contributed by atoms with van der Waals surface area (Å²) in [6.07, 6.45) is 4.16. The molecule has 1 aromatic carbocycles. The van der Waals surface area contributed by atoms with E-state index in [2.05, 4.69) is 36.0 Å². The highest BCUT2D eigenvalue weighted by molar-refractivity contribution is 6.30. The van der Waals surface area contributed by atoms with Gasteiger partial charge in [-0.15, -0.1) is 0 Å². The van der Waals surface area contributed by atoms with E-state index in [9.17, 15) is 4.39 Å². The average molecular weight is 295 g/mol. The molecular weight excluding hydrogens is 275 g/mol. The van der Waals surface area contributed by atoms with Crippen LogP contribution in [-0.2, 0) is 6.54 Å². The molecule has 1 N–H and O–H groups in total. The highest BCUT2D eigenvalue weighted by Crippen LogP contribution is 2.22. The van der Waals surface area contributed by atoms with Gasteiger partial charge in [0.25, 0.3) is 0 Å². The van der Waals surface area contributed by atoms with Crippen molar-refractivity contribution in [3.05, 3.63) is 58.6 Å². The lowest BCUT2D eigenvalue weighted by molar-refractivity contribution is 0.443. The summed E-state index contributed by atoms with van der Waals surface area (Å²) in [5, 5.41) is 3.50. The lowest BCUT2D eigenvalue weighted by Crippen LogP contribution is -2.21. The summed E-state index contributed by atoms with van der Waals surface area (Å²) in [5.74, 6) is 0.148. The molecule has 20 heavy (non-hydrogen) atoms. The molecule has 0 spiro atoms. The van der Waals surface area contributed by atoms with Gasteiger partial charge in [0.15, 0.2) is 0 Å². The monoisotopic (exact) mass is 294 g/mol. The first-order valence-electron chi connectivity index (χ1n) is 6.78. The van der Waals surface area contributed by atoms with Crippen LogP contribution in [0.2, 0.25) is 5.02 Å². The van der Waals surface area contributed by atoms with Crippen molar-refractivity contribution in [3.8, 4) is 0 Å². The fourth-order valence-electron chi connectivity index (χ4n) is 2.48. The van der Waals surface area contributed by atoms with Crippen molar-refractivity contribution in [2.75, 3.05) is 7.05 Å². The second-order valence-corrected chi connectivity index (χ2v) is 5.78. The summed E-state index contributed by atoms with van der Waals surface area (Å²) in [5.41, 5.74) is 2.25. The molecule has 1 heterocycles. The molecule has 0 saturated heterocycles. The normalized spacial score (nSPS) is 12.9. The average Bonchev–Trinajstić information content (AvgIpc) is 2.82. The molecule has 0 fully saturated rings. The van der Waals surface area contributed by atoms with Gasteiger partial charge in [-0.05, 0) is 42.3 Å². The van der Waals surface area contributed by atoms with Crippen molar-refractivity contribution in [2.45, 2.75) is 26.4 Å². The number of nitrogens with zero attached hydrogens (tertiary/aromatic N) is 1. The second-order valence-electron chi connectivity index (χ2n) is 5.38. The lowest BCUT2D eigenvalue weighted by atomic mass is 9.99. The minimum atomic E-state index is -0.376. The van der Waals surface area contributed by atoms with Gasteiger partial charge >= 0.3 is 0 Å². The van der Waals surface area contributed by atoms with E-state index < -0.39 is 0 Å². The number of rotatable bonds is 5. The third-order valence-corrected chi connectivity index (χ3v) is 3.75. The second kappa shape index (κ2) is 6.42. The quantitative estimate of drug-likeness (QED) is 0.872. The molecule has 0 saturated carbocycles. The van der Waals surface area contributed by atoms with E-state index in [1.807, 2.05) is 13.2 Å². The Morgan fingerprint density at radius 2 is 2.05 bits per heavy atom. The molecule has 0 amide bonds. The molecule has 1 unspecified atom stereocenters. The molecule has 0 aliphatic rings. The van der Waals surface area contributed by atoms with Crippen molar-refractivity contribution < 1.29 is 4.39 Å². The number of nitrogens with one attached hydrogen (secondary N) is 1. The van der Waals surface area contributed by atoms with E-state index in [0.29, 0.717) is 18.5 Å². The molecule has 4 heteroatoms. The smallest absolute Gasteiger partial charge is 0.141 e. The lowest BCUT2D eigenvalue weighted by Gasteiger charge is -2.18. The third-order valence-electron chi connectivity index (χ3n) is 3.46. The zero-order valence-electron chi connectivity index (χ0n) is 12.0. The largest absolute Gasteiger partial charge is 0.350 e. The van der Waals surface area contributed by atoms with Crippen molar-refractivity contribution in [1.82, 2.24) is 9.88 Å². The maximum Gasteiger partial charge on any atom is 0.141 e. The van der Waals surface area contributed by atoms with E-state index in [-0.39, 0.29) is 10.8 Å². The summed E-state index contributed by atoms with van der Waals surface area (Å²) in [6.45, 7) is 5.07. The molecule has 2 rings (SSSR count). The number of benzene rings is 1.